The van der Waals surface area contributed by atoms with Crippen LogP contribution in [-0.2, 0) is 19.2 Å². The van der Waals surface area contributed by atoms with Gasteiger partial charge in [-0.3, -0.25) is 4.79 Å². The van der Waals surface area contributed by atoms with E-state index in [1.54, 1.807) is 37.3 Å². The molecule has 0 aliphatic rings. The van der Waals surface area contributed by atoms with Crippen molar-refractivity contribution in [2.75, 3.05) is 6.54 Å². The predicted molar refractivity (Wildman–Crippen MR) is 138 cm³/mol. The standard InChI is InChI=1S/C28H23F3N2O4S/c1-17-24(38-26(33-17)19-8-10-21(11-9-19)28(29,30)31)25(34)32-15-14-18-6-12-22(13-7-18)37-16-20-4-2-3-5-23(20)27(35)36/h2-13H,14-16H2,1H3,(H,32,34)(H,35,36). The summed E-state index contributed by atoms with van der Waals surface area (Å²) in [6.45, 7) is 2.19. The number of carboxylic acid groups (broad SMARTS) is 1. The Morgan fingerprint density at radius 1 is 1.00 bits per heavy atom. The number of hydrogen-bond acceptors (Lipinski definition) is 5. The fourth-order valence-electron chi connectivity index (χ4n) is 3.70. The number of alkyl halides is 3. The number of carbonyl (C=O) groups is 2. The first-order chi connectivity index (χ1) is 18.1. The lowest BCUT2D eigenvalue weighted by molar-refractivity contribution is -0.137. The third-order valence-corrected chi connectivity index (χ3v) is 6.93. The molecule has 6 nitrogen and oxygen atoms in total. The Morgan fingerprint density at radius 2 is 1.68 bits per heavy atom. The lowest BCUT2D eigenvalue weighted by Crippen LogP contribution is -2.25. The lowest BCUT2D eigenvalue weighted by atomic mass is 10.1. The normalized spacial score (nSPS) is 11.3. The molecule has 196 valence electrons. The minimum Gasteiger partial charge on any atom is -0.489 e. The molecule has 1 aromatic heterocycles. The number of halogens is 3. The Bertz CT molecular complexity index is 1430. The highest BCUT2D eigenvalue weighted by Crippen LogP contribution is 2.33. The van der Waals surface area contributed by atoms with E-state index in [4.69, 9.17) is 4.74 Å². The molecule has 4 aromatic rings. The zero-order valence-electron chi connectivity index (χ0n) is 20.2. The van der Waals surface area contributed by atoms with E-state index in [0.29, 0.717) is 45.4 Å². The zero-order valence-corrected chi connectivity index (χ0v) is 21.0. The predicted octanol–water partition coefficient (Wildman–Crippen LogP) is 6.39. The van der Waals surface area contributed by atoms with E-state index >= 15 is 0 Å². The summed E-state index contributed by atoms with van der Waals surface area (Å²) in [5.41, 5.74) is 2.02. The van der Waals surface area contributed by atoms with Crippen LogP contribution in [0.3, 0.4) is 0 Å². The lowest BCUT2D eigenvalue weighted by Gasteiger charge is -2.10. The molecule has 0 aliphatic heterocycles. The van der Waals surface area contributed by atoms with Gasteiger partial charge in [-0.2, -0.15) is 13.2 Å². The van der Waals surface area contributed by atoms with Crippen molar-refractivity contribution in [3.8, 4) is 16.3 Å². The number of aromatic nitrogens is 1. The van der Waals surface area contributed by atoms with E-state index in [-0.39, 0.29) is 18.1 Å². The summed E-state index contributed by atoms with van der Waals surface area (Å²) in [7, 11) is 0. The van der Waals surface area contributed by atoms with Gasteiger partial charge in [0, 0.05) is 17.7 Å². The van der Waals surface area contributed by atoms with E-state index < -0.39 is 17.7 Å². The van der Waals surface area contributed by atoms with Crippen molar-refractivity contribution in [3.05, 3.63) is 106 Å². The van der Waals surface area contributed by atoms with Crippen LogP contribution in [0.4, 0.5) is 13.2 Å². The van der Waals surface area contributed by atoms with Crippen LogP contribution in [0.15, 0.2) is 72.8 Å². The highest BCUT2D eigenvalue weighted by atomic mass is 32.1. The van der Waals surface area contributed by atoms with Gasteiger partial charge in [0.1, 0.15) is 22.2 Å². The molecule has 2 N–H and O–H groups in total. The maximum atomic E-state index is 12.8. The van der Waals surface area contributed by atoms with E-state index in [1.165, 1.54) is 18.2 Å². The van der Waals surface area contributed by atoms with Gasteiger partial charge in [-0.15, -0.1) is 11.3 Å². The van der Waals surface area contributed by atoms with E-state index in [9.17, 15) is 27.9 Å². The largest absolute Gasteiger partial charge is 0.489 e. The van der Waals surface area contributed by atoms with Crippen LogP contribution in [-0.4, -0.2) is 28.5 Å². The number of benzene rings is 3. The molecule has 0 saturated heterocycles. The number of ether oxygens (including phenoxy) is 1. The van der Waals surface area contributed by atoms with Crippen LogP contribution in [0.25, 0.3) is 10.6 Å². The molecular formula is C28H23F3N2O4S. The SMILES string of the molecule is Cc1nc(-c2ccc(C(F)(F)F)cc2)sc1C(=O)NCCc1ccc(OCc2ccccc2C(=O)O)cc1. The van der Waals surface area contributed by atoms with Gasteiger partial charge in [0.2, 0.25) is 0 Å². The minimum absolute atomic E-state index is 0.126. The van der Waals surface area contributed by atoms with Crippen molar-refractivity contribution in [1.82, 2.24) is 10.3 Å². The van der Waals surface area contributed by atoms with Crippen LogP contribution < -0.4 is 10.1 Å². The highest BCUT2D eigenvalue weighted by molar-refractivity contribution is 7.17. The molecule has 0 bridgehead atoms. The quantitative estimate of drug-likeness (QED) is 0.257. The number of nitrogens with one attached hydrogen (secondary N) is 1. The average molecular weight is 541 g/mol. The van der Waals surface area contributed by atoms with Gasteiger partial charge in [0.25, 0.3) is 5.91 Å². The summed E-state index contributed by atoms with van der Waals surface area (Å²) in [4.78, 5) is 28.8. The Hall–Kier alpha value is -4.18. The second kappa shape index (κ2) is 11.5. The molecule has 3 aromatic carbocycles. The van der Waals surface area contributed by atoms with Gasteiger partial charge in [0.15, 0.2) is 0 Å². The third kappa shape index (κ3) is 6.57. The molecule has 0 unspecified atom stereocenters. The molecular weight excluding hydrogens is 517 g/mol. The molecule has 1 heterocycles. The molecule has 4 rings (SSSR count). The number of aryl methyl sites for hydroxylation is 1. The third-order valence-electron chi connectivity index (χ3n) is 5.73. The summed E-state index contributed by atoms with van der Waals surface area (Å²) < 4.78 is 44.1. The number of rotatable bonds is 9. The summed E-state index contributed by atoms with van der Waals surface area (Å²) in [6.07, 6.45) is -3.85. The number of hydrogen-bond donors (Lipinski definition) is 2. The molecule has 0 atom stereocenters. The monoisotopic (exact) mass is 540 g/mol. The van der Waals surface area contributed by atoms with Gasteiger partial charge in [0.05, 0.1) is 16.8 Å². The number of aromatic carboxylic acids is 1. The molecule has 1 amide bonds. The summed E-state index contributed by atoms with van der Waals surface area (Å²) in [5, 5.41) is 12.6. The summed E-state index contributed by atoms with van der Waals surface area (Å²) in [5.74, 6) is -0.713. The first-order valence-electron chi connectivity index (χ1n) is 11.6. The first-order valence-corrected chi connectivity index (χ1v) is 12.4. The van der Waals surface area contributed by atoms with Crippen molar-refractivity contribution in [1.29, 1.82) is 0 Å². The second-order valence-corrected chi connectivity index (χ2v) is 9.41. The smallest absolute Gasteiger partial charge is 0.416 e. The molecule has 0 radical (unpaired) electrons. The van der Waals surface area contributed by atoms with Crippen molar-refractivity contribution in [3.63, 3.8) is 0 Å². The zero-order chi connectivity index (χ0) is 27.3. The molecule has 0 fully saturated rings. The van der Waals surface area contributed by atoms with Gasteiger partial charge in [-0.25, -0.2) is 9.78 Å². The second-order valence-electron chi connectivity index (χ2n) is 8.41. The van der Waals surface area contributed by atoms with Crippen molar-refractivity contribution >= 4 is 23.2 Å². The Morgan fingerprint density at radius 3 is 2.34 bits per heavy atom. The highest BCUT2D eigenvalue weighted by Gasteiger charge is 2.30. The van der Waals surface area contributed by atoms with Crippen LogP contribution in [0.2, 0.25) is 0 Å². The number of amides is 1. The Kier molecular flexibility index (Phi) is 8.11. The van der Waals surface area contributed by atoms with E-state index in [2.05, 4.69) is 10.3 Å². The van der Waals surface area contributed by atoms with E-state index in [1.807, 2.05) is 12.1 Å². The Balaban J connectivity index is 1.29. The van der Waals surface area contributed by atoms with Crippen LogP contribution in [0.1, 0.15) is 42.4 Å². The minimum atomic E-state index is -4.41. The fourth-order valence-corrected chi connectivity index (χ4v) is 4.69. The van der Waals surface area contributed by atoms with Crippen molar-refractivity contribution < 1.29 is 32.6 Å². The van der Waals surface area contributed by atoms with Gasteiger partial charge >= 0.3 is 12.1 Å². The van der Waals surface area contributed by atoms with Gasteiger partial charge in [-0.1, -0.05) is 42.5 Å². The average Bonchev–Trinajstić information content (AvgIpc) is 3.29. The maximum absolute atomic E-state index is 12.8. The molecule has 38 heavy (non-hydrogen) atoms. The van der Waals surface area contributed by atoms with Crippen molar-refractivity contribution in [2.24, 2.45) is 0 Å². The number of thiazole rings is 1. The van der Waals surface area contributed by atoms with Gasteiger partial charge < -0.3 is 15.2 Å². The summed E-state index contributed by atoms with van der Waals surface area (Å²) in [6, 6.07) is 18.6. The fraction of sp³-hybridized carbons (Fsp3) is 0.179. The van der Waals surface area contributed by atoms with Crippen LogP contribution in [0.5, 0.6) is 5.75 Å². The van der Waals surface area contributed by atoms with Crippen LogP contribution in [0, 0.1) is 6.92 Å². The first kappa shape index (κ1) is 26.9. The van der Waals surface area contributed by atoms with Gasteiger partial charge in [-0.05, 0) is 49.2 Å². The number of carboxylic acids is 1. The van der Waals surface area contributed by atoms with Crippen molar-refractivity contribution in [2.45, 2.75) is 26.1 Å². The molecule has 0 aliphatic carbocycles. The van der Waals surface area contributed by atoms with E-state index in [0.717, 1.165) is 29.0 Å². The Labute approximate surface area is 220 Å². The topological polar surface area (TPSA) is 88.5 Å². The number of nitrogens with zero attached hydrogens (tertiary/aromatic N) is 1. The molecule has 0 spiro atoms. The van der Waals surface area contributed by atoms with Crippen LogP contribution >= 0.6 is 11.3 Å². The maximum Gasteiger partial charge on any atom is 0.416 e. The molecule has 10 heteroatoms. The summed E-state index contributed by atoms with van der Waals surface area (Å²) >= 11 is 1.13. The number of carbonyl (C=O) groups excluding carboxylic acids is 1. The molecule has 0 saturated carbocycles.